The maximum Gasteiger partial charge on any atom is 0.278 e. The molecule has 0 radical (unpaired) electrons. The molecule has 2 rings (SSSR count). The van der Waals surface area contributed by atoms with E-state index in [-0.39, 0.29) is 7.92 Å². The van der Waals surface area contributed by atoms with E-state index in [4.69, 9.17) is 0 Å². The van der Waals surface area contributed by atoms with Crippen LogP contribution < -0.4 is 5.30 Å². The lowest BCUT2D eigenvalue weighted by atomic mass is 9.58. The zero-order valence-corrected chi connectivity index (χ0v) is 15.1. The van der Waals surface area contributed by atoms with Crippen molar-refractivity contribution < 1.29 is 0 Å². The zero-order chi connectivity index (χ0) is 15.6. The Morgan fingerprint density at radius 1 is 0.857 bits per heavy atom. The molecule has 0 atom stereocenters. The fraction of sp³-hybridized carbons (Fsp3) is 0.444. The second-order valence-corrected chi connectivity index (χ2v) is 9.01. The molecule has 0 bridgehead atoms. The molecule has 0 saturated heterocycles. The molecule has 1 aromatic carbocycles. The van der Waals surface area contributed by atoms with Crippen LogP contribution in [0.1, 0.15) is 41.5 Å². The SMILES string of the molecule is CC1=CB(N(C(C)C)C(C)C)C=C(C)P1c1ccccc1. The average molecular weight is 299 g/mol. The first-order chi connectivity index (χ1) is 9.91. The molecule has 1 aliphatic rings. The summed E-state index contributed by atoms with van der Waals surface area (Å²) in [7, 11) is -0.284. The van der Waals surface area contributed by atoms with Crippen LogP contribution in [0.4, 0.5) is 0 Å². The van der Waals surface area contributed by atoms with E-state index >= 15 is 0 Å². The Morgan fingerprint density at radius 2 is 1.33 bits per heavy atom. The summed E-state index contributed by atoms with van der Waals surface area (Å²) in [4.78, 5) is 2.59. The van der Waals surface area contributed by atoms with Crippen molar-refractivity contribution in [2.75, 3.05) is 0 Å². The highest BCUT2D eigenvalue weighted by Gasteiger charge is 2.30. The fourth-order valence-electron chi connectivity index (χ4n) is 3.41. The molecular weight excluding hydrogens is 272 g/mol. The van der Waals surface area contributed by atoms with Crippen molar-refractivity contribution in [1.29, 1.82) is 0 Å². The van der Waals surface area contributed by atoms with E-state index in [9.17, 15) is 0 Å². The Labute approximate surface area is 132 Å². The Kier molecular flexibility index (Phi) is 5.46. The highest BCUT2D eigenvalue weighted by molar-refractivity contribution is 7.73. The minimum Gasteiger partial charge on any atom is -0.330 e. The van der Waals surface area contributed by atoms with Gasteiger partial charge in [-0.25, -0.2) is 0 Å². The number of hydrogen-bond donors (Lipinski definition) is 0. The van der Waals surface area contributed by atoms with Gasteiger partial charge in [-0.05, 0) is 39.2 Å². The largest absolute Gasteiger partial charge is 0.330 e. The number of allylic oxidation sites excluding steroid dienone is 2. The van der Waals surface area contributed by atoms with E-state index < -0.39 is 0 Å². The summed E-state index contributed by atoms with van der Waals surface area (Å²) in [6, 6.07) is 12.1. The minimum atomic E-state index is -0.284. The lowest BCUT2D eigenvalue weighted by Crippen LogP contribution is -2.47. The summed E-state index contributed by atoms with van der Waals surface area (Å²) >= 11 is 0. The summed E-state index contributed by atoms with van der Waals surface area (Å²) in [5, 5.41) is 4.54. The third kappa shape index (κ3) is 3.68. The maximum atomic E-state index is 2.59. The zero-order valence-electron chi connectivity index (χ0n) is 14.2. The molecule has 1 aromatic rings. The van der Waals surface area contributed by atoms with E-state index in [0.29, 0.717) is 18.9 Å². The highest BCUT2D eigenvalue weighted by Crippen LogP contribution is 2.53. The van der Waals surface area contributed by atoms with Gasteiger partial charge < -0.3 is 4.81 Å². The molecule has 3 heteroatoms. The lowest BCUT2D eigenvalue weighted by Gasteiger charge is -2.37. The molecule has 0 unspecified atom stereocenters. The Balaban J connectivity index is 2.32. The topological polar surface area (TPSA) is 3.24 Å². The number of rotatable bonds is 4. The fourth-order valence-corrected chi connectivity index (χ4v) is 5.86. The van der Waals surface area contributed by atoms with Crippen LogP contribution in [0, 0.1) is 0 Å². The Hall–Kier alpha value is -0.845. The quantitative estimate of drug-likeness (QED) is 0.570. The monoisotopic (exact) mass is 299 g/mol. The predicted octanol–water partition coefficient (Wildman–Crippen LogP) is 4.80. The first-order valence-electron chi connectivity index (χ1n) is 7.91. The molecule has 21 heavy (non-hydrogen) atoms. The van der Waals surface area contributed by atoms with Crippen LogP contribution in [0.15, 0.2) is 52.9 Å². The lowest BCUT2D eigenvalue weighted by molar-refractivity contribution is 0.309. The van der Waals surface area contributed by atoms with Gasteiger partial charge in [0.05, 0.1) is 0 Å². The minimum absolute atomic E-state index is 0.284. The second kappa shape index (κ2) is 6.94. The van der Waals surface area contributed by atoms with Gasteiger partial charge in [-0.2, -0.15) is 0 Å². The predicted molar refractivity (Wildman–Crippen MR) is 98.4 cm³/mol. The Bertz CT molecular complexity index is 505. The van der Waals surface area contributed by atoms with Gasteiger partial charge in [0.2, 0.25) is 0 Å². The average Bonchev–Trinajstić information content (AvgIpc) is 2.38. The van der Waals surface area contributed by atoms with Crippen LogP contribution in [-0.2, 0) is 0 Å². The third-order valence-corrected chi connectivity index (χ3v) is 6.60. The van der Waals surface area contributed by atoms with Crippen molar-refractivity contribution >= 4 is 20.1 Å². The van der Waals surface area contributed by atoms with Gasteiger partial charge in [0.25, 0.3) is 6.85 Å². The van der Waals surface area contributed by atoms with Crippen LogP contribution in [0.3, 0.4) is 0 Å². The van der Waals surface area contributed by atoms with Crippen LogP contribution >= 0.6 is 7.92 Å². The van der Waals surface area contributed by atoms with Crippen molar-refractivity contribution in [3.8, 4) is 0 Å². The Morgan fingerprint density at radius 3 is 1.76 bits per heavy atom. The van der Waals surface area contributed by atoms with Crippen LogP contribution in [0.2, 0.25) is 0 Å². The van der Waals surface area contributed by atoms with E-state index in [2.05, 4.69) is 88.6 Å². The normalized spacial score (nSPS) is 16.7. The van der Waals surface area contributed by atoms with Gasteiger partial charge in [0.15, 0.2) is 0 Å². The summed E-state index contributed by atoms with van der Waals surface area (Å²) in [6.45, 7) is 14.2. The van der Waals surface area contributed by atoms with Crippen molar-refractivity contribution in [3.05, 3.63) is 52.9 Å². The summed E-state index contributed by atoms with van der Waals surface area (Å²) < 4.78 is 0. The molecule has 0 aliphatic carbocycles. The molecule has 0 N–H and O–H groups in total. The molecule has 112 valence electrons. The van der Waals surface area contributed by atoms with E-state index in [1.165, 1.54) is 15.9 Å². The van der Waals surface area contributed by atoms with Gasteiger partial charge in [-0.15, -0.1) is 0 Å². The highest BCUT2D eigenvalue weighted by atomic mass is 31.1. The van der Waals surface area contributed by atoms with Crippen LogP contribution in [0.25, 0.3) is 0 Å². The van der Waals surface area contributed by atoms with Gasteiger partial charge >= 0.3 is 0 Å². The molecule has 0 spiro atoms. The van der Waals surface area contributed by atoms with Gasteiger partial charge in [-0.1, -0.05) is 80.6 Å². The first kappa shape index (κ1) is 16.5. The molecule has 1 nitrogen and oxygen atoms in total. The molecule has 1 aliphatic heterocycles. The molecule has 0 aromatic heterocycles. The van der Waals surface area contributed by atoms with Crippen molar-refractivity contribution in [1.82, 2.24) is 4.81 Å². The van der Waals surface area contributed by atoms with Crippen LogP contribution in [-0.4, -0.2) is 23.7 Å². The van der Waals surface area contributed by atoms with Crippen molar-refractivity contribution in [3.63, 3.8) is 0 Å². The van der Waals surface area contributed by atoms with E-state index in [0.717, 1.165) is 0 Å². The molecule has 0 amide bonds. The molecule has 0 fully saturated rings. The molecule has 0 saturated carbocycles. The van der Waals surface area contributed by atoms with Gasteiger partial charge in [0.1, 0.15) is 0 Å². The summed E-state index contributed by atoms with van der Waals surface area (Å²) in [5.74, 6) is 4.96. The smallest absolute Gasteiger partial charge is 0.278 e. The number of nitrogens with zero attached hydrogens (tertiary/aromatic N) is 1. The molecular formula is C18H27BNP. The standard InChI is InChI=1S/C18H27BNP/c1-14(2)20(15(3)4)19-12-16(5)21(17(6)13-19)18-10-8-7-9-11-18/h7-15H,1-6H3. The molecule has 1 heterocycles. The second-order valence-electron chi connectivity index (χ2n) is 6.41. The van der Waals surface area contributed by atoms with Crippen LogP contribution in [0.5, 0.6) is 0 Å². The van der Waals surface area contributed by atoms with E-state index in [1.807, 2.05) is 0 Å². The van der Waals surface area contributed by atoms with E-state index in [1.54, 1.807) is 0 Å². The number of benzene rings is 1. The maximum absolute atomic E-state index is 2.59. The third-order valence-electron chi connectivity index (χ3n) is 4.08. The summed E-state index contributed by atoms with van der Waals surface area (Å²) in [5.41, 5.74) is 0. The first-order valence-corrected chi connectivity index (χ1v) is 9.25. The summed E-state index contributed by atoms with van der Waals surface area (Å²) in [6.07, 6.45) is 0. The van der Waals surface area contributed by atoms with Gasteiger partial charge in [0, 0.05) is 0 Å². The van der Waals surface area contributed by atoms with Gasteiger partial charge in [-0.3, -0.25) is 0 Å². The number of hydrogen-bond acceptors (Lipinski definition) is 1. The van der Waals surface area contributed by atoms with Crippen molar-refractivity contribution in [2.24, 2.45) is 0 Å². The van der Waals surface area contributed by atoms with Crippen molar-refractivity contribution in [2.45, 2.75) is 53.6 Å².